The lowest BCUT2D eigenvalue weighted by Gasteiger charge is -2.28. The molecule has 1 aliphatic carbocycles. The molecule has 0 saturated heterocycles. The zero-order chi connectivity index (χ0) is 40.2. The Hall–Kier alpha value is -7.12. The van der Waals surface area contributed by atoms with Crippen LogP contribution in [-0.2, 0) is 0 Å². The molecule has 0 amide bonds. The first-order valence-electron chi connectivity index (χ1n) is 19.6. The lowest BCUT2D eigenvalue weighted by Crippen LogP contribution is -2.28. The third-order valence-electron chi connectivity index (χ3n) is 11.7. The molecule has 6 heteroatoms. The minimum absolute atomic E-state index is 0.150. The van der Waals surface area contributed by atoms with Gasteiger partial charge in [0.25, 0.3) is 0 Å². The number of aliphatic hydroxyl groups is 4. The van der Waals surface area contributed by atoms with Gasteiger partial charge in [0.1, 0.15) is 11.9 Å². The Kier molecular flexibility index (Phi) is 9.01. The Morgan fingerprint density at radius 3 is 1.71 bits per heavy atom. The largest absolute Gasteiger partial charge is 0.511 e. The predicted octanol–water partition coefficient (Wildman–Crippen LogP) is 14.3. The van der Waals surface area contributed by atoms with Crippen LogP contribution in [0.4, 0.5) is 17.1 Å². The molecule has 10 rings (SSSR count). The van der Waals surface area contributed by atoms with Crippen LogP contribution in [0.3, 0.4) is 0 Å². The number of anilines is 3. The summed E-state index contributed by atoms with van der Waals surface area (Å²) in [6.45, 7) is 1.51. The number of hydrogen-bond donors (Lipinski definition) is 4. The summed E-state index contributed by atoms with van der Waals surface area (Å²) in [5.74, 6) is -2.06. The van der Waals surface area contributed by atoms with E-state index in [-0.39, 0.29) is 11.3 Å². The Morgan fingerprint density at radius 1 is 0.458 bits per heavy atom. The molecule has 5 nitrogen and oxygen atoms in total. The van der Waals surface area contributed by atoms with Gasteiger partial charge in [0.05, 0.1) is 11.6 Å². The molecule has 9 aromatic rings. The van der Waals surface area contributed by atoms with Gasteiger partial charge in [0.15, 0.2) is 11.5 Å². The van der Waals surface area contributed by atoms with Gasteiger partial charge in [-0.05, 0) is 87.7 Å². The maximum atomic E-state index is 10.7. The topological polar surface area (TPSA) is 84.2 Å². The van der Waals surface area contributed by atoms with Gasteiger partial charge in [-0.15, -0.1) is 11.3 Å². The number of allylic oxidation sites excluding steroid dienone is 1. The highest BCUT2D eigenvalue weighted by Gasteiger charge is 2.36. The van der Waals surface area contributed by atoms with E-state index in [9.17, 15) is 20.4 Å². The van der Waals surface area contributed by atoms with Crippen LogP contribution >= 0.6 is 11.3 Å². The van der Waals surface area contributed by atoms with Crippen LogP contribution in [0, 0.1) is 0 Å². The van der Waals surface area contributed by atoms with Gasteiger partial charge in [-0.25, -0.2) is 0 Å². The van der Waals surface area contributed by atoms with Crippen LogP contribution < -0.4 is 4.90 Å². The average Bonchev–Trinajstić information content (AvgIpc) is 3.67. The first kappa shape index (κ1) is 36.2. The molecule has 286 valence electrons. The van der Waals surface area contributed by atoms with E-state index in [1.807, 2.05) is 41.7 Å². The quantitative estimate of drug-likeness (QED) is 0.129. The highest BCUT2D eigenvalue weighted by Crippen LogP contribution is 2.45. The van der Waals surface area contributed by atoms with E-state index in [1.54, 1.807) is 0 Å². The SMILES string of the molecule is CC1=C(O)C(c2ccc(-c3ccc(-c4ccc(N(c5ccc(-c6ccccc6)cc5)c5ccc6c(c5)sc5ccccc56)c5ccccc45)cc3)cc2)C(O)C(O)=C1O. The fourth-order valence-electron chi connectivity index (χ4n) is 8.50. The normalized spacial score (nSPS) is 15.7. The third kappa shape index (κ3) is 6.30. The number of thiophene rings is 1. The average molecular weight is 786 g/mol. The van der Waals surface area contributed by atoms with Crippen LogP contribution in [-0.4, -0.2) is 26.5 Å². The van der Waals surface area contributed by atoms with Crippen molar-refractivity contribution < 1.29 is 20.4 Å². The van der Waals surface area contributed by atoms with E-state index in [0.29, 0.717) is 5.56 Å². The fourth-order valence-corrected chi connectivity index (χ4v) is 9.64. The molecule has 1 aliphatic rings. The minimum atomic E-state index is -1.44. The second kappa shape index (κ2) is 14.7. The highest BCUT2D eigenvalue weighted by atomic mass is 32.1. The number of hydrogen-bond acceptors (Lipinski definition) is 6. The summed E-state index contributed by atoms with van der Waals surface area (Å²) < 4.78 is 2.53. The lowest BCUT2D eigenvalue weighted by molar-refractivity contribution is 0.102. The predicted molar refractivity (Wildman–Crippen MR) is 244 cm³/mol. The summed E-state index contributed by atoms with van der Waals surface area (Å²) in [7, 11) is 0. The van der Waals surface area contributed by atoms with Crippen LogP contribution in [0.25, 0.3) is 64.3 Å². The molecular formula is C53H39NO4S. The Labute approximate surface area is 346 Å². The first-order chi connectivity index (χ1) is 28.8. The molecule has 0 spiro atoms. The van der Waals surface area contributed by atoms with Crippen molar-refractivity contribution in [3.63, 3.8) is 0 Å². The molecular weight excluding hydrogens is 747 g/mol. The lowest BCUT2D eigenvalue weighted by atomic mass is 9.83. The van der Waals surface area contributed by atoms with Gasteiger partial charge in [-0.2, -0.15) is 0 Å². The molecule has 59 heavy (non-hydrogen) atoms. The molecule has 2 atom stereocenters. The van der Waals surface area contributed by atoms with Gasteiger partial charge < -0.3 is 25.3 Å². The Bertz CT molecular complexity index is 3090. The molecule has 0 fully saturated rings. The molecule has 0 bridgehead atoms. The number of rotatable bonds is 7. The molecule has 2 unspecified atom stereocenters. The number of benzene rings is 8. The molecule has 1 aromatic heterocycles. The van der Waals surface area contributed by atoms with E-state index in [1.165, 1.54) is 38.2 Å². The van der Waals surface area contributed by atoms with E-state index >= 15 is 0 Å². The molecule has 0 radical (unpaired) electrons. The van der Waals surface area contributed by atoms with Gasteiger partial charge in [-0.1, -0.05) is 146 Å². The van der Waals surface area contributed by atoms with Crippen molar-refractivity contribution in [3.05, 3.63) is 210 Å². The van der Waals surface area contributed by atoms with Gasteiger partial charge in [-0.3, -0.25) is 0 Å². The van der Waals surface area contributed by atoms with Gasteiger partial charge >= 0.3 is 0 Å². The monoisotopic (exact) mass is 785 g/mol. The number of nitrogens with zero attached hydrogens (tertiary/aromatic N) is 1. The van der Waals surface area contributed by atoms with Crippen LogP contribution in [0.15, 0.2) is 205 Å². The molecule has 8 aromatic carbocycles. The van der Waals surface area contributed by atoms with Crippen LogP contribution in [0.5, 0.6) is 0 Å². The van der Waals surface area contributed by atoms with Gasteiger partial charge in [0.2, 0.25) is 0 Å². The fraction of sp³-hybridized carbons (Fsp3) is 0.0566. The third-order valence-corrected chi connectivity index (χ3v) is 12.8. The van der Waals surface area contributed by atoms with Crippen molar-refractivity contribution in [1.29, 1.82) is 0 Å². The summed E-state index contributed by atoms with van der Waals surface area (Å²) in [5.41, 5.74) is 10.6. The molecule has 0 saturated carbocycles. The van der Waals surface area contributed by atoms with E-state index in [2.05, 4.69) is 157 Å². The van der Waals surface area contributed by atoms with E-state index in [4.69, 9.17) is 0 Å². The molecule has 1 heterocycles. The van der Waals surface area contributed by atoms with Gasteiger partial charge in [0, 0.05) is 42.5 Å². The van der Waals surface area contributed by atoms with Crippen molar-refractivity contribution in [2.45, 2.75) is 18.9 Å². The first-order valence-corrected chi connectivity index (χ1v) is 20.5. The van der Waals surface area contributed by atoms with Crippen molar-refractivity contribution in [1.82, 2.24) is 0 Å². The summed E-state index contributed by atoms with van der Waals surface area (Å²) >= 11 is 1.83. The second-order valence-electron chi connectivity index (χ2n) is 15.1. The highest BCUT2D eigenvalue weighted by molar-refractivity contribution is 7.25. The smallest absolute Gasteiger partial charge is 0.164 e. The van der Waals surface area contributed by atoms with Crippen molar-refractivity contribution in [2.75, 3.05) is 4.90 Å². The molecule has 4 N–H and O–H groups in total. The standard InChI is InChI=1S/C53H39NO4S/c1-32-50(55)49(52(57)53(58)51(32)56)38-21-17-35(18-22-38)34-15-19-37(20-16-34)41-29-30-46(43-12-6-5-11-42(41)43)54(39-25-23-36(24-26-39)33-9-3-2-4-10-33)40-27-28-45-44-13-7-8-14-47(44)59-48(45)31-40/h2-31,49,52,55-58H,1H3. The van der Waals surface area contributed by atoms with Crippen molar-refractivity contribution >= 4 is 59.3 Å². The number of fused-ring (bicyclic) bond motifs is 4. The van der Waals surface area contributed by atoms with E-state index < -0.39 is 23.5 Å². The Balaban J connectivity index is 1.02. The summed E-state index contributed by atoms with van der Waals surface area (Å²) in [5, 5.41) is 46.6. The Morgan fingerprint density at radius 2 is 1.00 bits per heavy atom. The summed E-state index contributed by atoms with van der Waals surface area (Å²) in [6, 6.07) is 63.9. The van der Waals surface area contributed by atoms with E-state index in [0.717, 1.165) is 50.1 Å². The molecule has 0 aliphatic heterocycles. The minimum Gasteiger partial charge on any atom is -0.511 e. The maximum absolute atomic E-state index is 10.7. The zero-order valence-electron chi connectivity index (χ0n) is 32.1. The zero-order valence-corrected chi connectivity index (χ0v) is 32.9. The van der Waals surface area contributed by atoms with Crippen LogP contribution in [0.1, 0.15) is 18.4 Å². The van der Waals surface area contributed by atoms with Crippen molar-refractivity contribution in [2.24, 2.45) is 0 Å². The summed E-state index contributed by atoms with van der Waals surface area (Å²) in [4.78, 5) is 2.38. The maximum Gasteiger partial charge on any atom is 0.164 e. The number of aliphatic hydroxyl groups excluding tert-OH is 4. The second-order valence-corrected chi connectivity index (χ2v) is 16.2. The van der Waals surface area contributed by atoms with Crippen LogP contribution in [0.2, 0.25) is 0 Å². The summed E-state index contributed by atoms with van der Waals surface area (Å²) in [6.07, 6.45) is -1.44. The van der Waals surface area contributed by atoms with Crippen molar-refractivity contribution in [3.8, 4) is 33.4 Å².